The maximum atomic E-state index is 11.5. The third kappa shape index (κ3) is 5.04. The Hall–Kier alpha value is -2.13. The van der Waals surface area contributed by atoms with Crippen LogP contribution in [0.25, 0.3) is 0 Å². The first kappa shape index (κ1) is 15.3. The highest BCUT2D eigenvalue weighted by Crippen LogP contribution is 2.10. The molecule has 0 aromatic heterocycles. The molecule has 0 aliphatic heterocycles. The molecule has 0 aliphatic carbocycles. The second-order valence-corrected chi connectivity index (χ2v) is 5.05. The Morgan fingerprint density at radius 1 is 0.857 bits per heavy atom. The lowest BCUT2D eigenvalue weighted by Gasteiger charge is -2.05. The minimum absolute atomic E-state index is 0.242. The smallest absolute Gasteiger partial charge is 0.253 e. The van der Waals surface area contributed by atoms with E-state index in [9.17, 15) is 4.79 Å². The van der Waals surface area contributed by atoms with Gasteiger partial charge < -0.3 is 10.4 Å². The van der Waals surface area contributed by atoms with Gasteiger partial charge in [-0.2, -0.15) is 0 Å². The summed E-state index contributed by atoms with van der Waals surface area (Å²) in [7, 11) is 0. The van der Waals surface area contributed by atoms with E-state index < -0.39 is 0 Å². The van der Waals surface area contributed by atoms with Crippen LogP contribution in [0.1, 0.15) is 34.3 Å². The van der Waals surface area contributed by atoms with Crippen molar-refractivity contribution in [3.05, 3.63) is 71.3 Å². The van der Waals surface area contributed by atoms with Crippen LogP contribution in [0.2, 0.25) is 0 Å². The molecule has 1 amide bonds. The summed E-state index contributed by atoms with van der Waals surface area (Å²) < 4.78 is 0. The Morgan fingerprint density at radius 3 is 2.00 bits per heavy atom. The molecule has 0 atom stereocenters. The zero-order valence-corrected chi connectivity index (χ0v) is 12.1. The van der Waals surface area contributed by atoms with E-state index in [1.807, 2.05) is 18.2 Å². The molecular weight excluding hydrogens is 262 g/mol. The van der Waals surface area contributed by atoms with Crippen molar-refractivity contribution in [3.63, 3.8) is 0 Å². The fourth-order valence-corrected chi connectivity index (χ4v) is 2.30. The highest BCUT2D eigenvalue weighted by atomic mass is 16.3. The van der Waals surface area contributed by atoms with Gasteiger partial charge in [-0.3, -0.25) is 4.79 Å². The van der Waals surface area contributed by atoms with Crippen LogP contribution >= 0.6 is 0 Å². The van der Waals surface area contributed by atoms with Gasteiger partial charge in [0.2, 0.25) is 0 Å². The van der Waals surface area contributed by atoms with Crippen LogP contribution in [0, 0.1) is 0 Å². The standard InChI is InChI=1S/C18H21NO2/c20-14-19-18(21)17-12-10-16(11-13-17)9-5-4-8-15-6-2-1-3-7-15/h1-3,6-7,10-13,20H,4-5,8-9,14H2,(H,19,21). The van der Waals surface area contributed by atoms with Crippen molar-refractivity contribution in [2.24, 2.45) is 0 Å². The van der Waals surface area contributed by atoms with Crippen LogP contribution in [0.15, 0.2) is 54.6 Å². The molecule has 0 saturated heterocycles. The summed E-state index contributed by atoms with van der Waals surface area (Å²) in [6, 6.07) is 18.1. The molecule has 0 saturated carbocycles. The summed E-state index contributed by atoms with van der Waals surface area (Å²) in [5.74, 6) is -0.242. The molecule has 3 heteroatoms. The first-order valence-corrected chi connectivity index (χ1v) is 7.31. The van der Waals surface area contributed by atoms with Gasteiger partial charge in [-0.05, 0) is 48.9 Å². The Balaban J connectivity index is 1.75. The van der Waals surface area contributed by atoms with E-state index in [4.69, 9.17) is 5.11 Å². The molecule has 3 nitrogen and oxygen atoms in total. The Bertz CT molecular complexity index is 549. The summed E-state index contributed by atoms with van der Waals surface area (Å²) in [5.41, 5.74) is 3.20. The van der Waals surface area contributed by atoms with Gasteiger partial charge in [0.15, 0.2) is 0 Å². The number of aliphatic hydroxyl groups is 1. The van der Waals surface area contributed by atoms with E-state index in [0.29, 0.717) is 5.56 Å². The highest BCUT2D eigenvalue weighted by molar-refractivity contribution is 5.94. The number of carbonyl (C=O) groups is 1. The summed E-state index contributed by atoms with van der Waals surface area (Å²) in [5, 5.41) is 11.0. The number of nitrogens with one attached hydrogen (secondary N) is 1. The molecule has 110 valence electrons. The molecule has 0 unspecified atom stereocenters. The first-order chi connectivity index (χ1) is 10.3. The van der Waals surface area contributed by atoms with Gasteiger partial charge >= 0.3 is 0 Å². The lowest BCUT2D eigenvalue weighted by molar-refractivity contribution is 0.0910. The van der Waals surface area contributed by atoms with Crippen LogP contribution < -0.4 is 5.32 Å². The number of rotatable bonds is 7. The van der Waals surface area contributed by atoms with E-state index in [1.165, 1.54) is 11.1 Å². The molecule has 0 fully saturated rings. The van der Waals surface area contributed by atoms with Crippen molar-refractivity contribution in [2.75, 3.05) is 6.73 Å². The fourth-order valence-electron chi connectivity index (χ4n) is 2.30. The second-order valence-electron chi connectivity index (χ2n) is 5.05. The molecule has 2 N–H and O–H groups in total. The first-order valence-electron chi connectivity index (χ1n) is 7.31. The minimum Gasteiger partial charge on any atom is -0.376 e. The zero-order chi connectivity index (χ0) is 14.9. The van der Waals surface area contributed by atoms with Crippen molar-refractivity contribution in [2.45, 2.75) is 25.7 Å². The predicted molar refractivity (Wildman–Crippen MR) is 84.1 cm³/mol. The van der Waals surface area contributed by atoms with Gasteiger partial charge in [-0.25, -0.2) is 0 Å². The van der Waals surface area contributed by atoms with E-state index in [2.05, 4.69) is 29.6 Å². The lowest BCUT2D eigenvalue weighted by atomic mass is 10.0. The van der Waals surface area contributed by atoms with Crippen LogP contribution in [-0.2, 0) is 12.8 Å². The van der Waals surface area contributed by atoms with Crippen LogP contribution in [0.3, 0.4) is 0 Å². The fraction of sp³-hybridized carbons (Fsp3) is 0.278. The number of hydrogen-bond acceptors (Lipinski definition) is 2. The zero-order valence-electron chi connectivity index (χ0n) is 12.1. The molecule has 2 rings (SSSR count). The average Bonchev–Trinajstić information content (AvgIpc) is 2.53. The van der Waals surface area contributed by atoms with Crippen molar-refractivity contribution < 1.29 is 9.90 Å². The molecule has 0 bridgehead atoms. The highest BCUT2D eigenvalue weighted by Gasteiger charge is 2.03. The Labute approximate surface area is 125 Å². The second kappa shape index (κ2) is 8.22. The number of unbranched alkanes of at least 4 members (excludes halogenated alkanes) is 1. The molecular formula is C18H21NO2. The molecule has 2 aromatic carbocycles. The van der Waals surface area contributed by atoms with E-state index in [-0.39, 0.29) is 12.6 Å². The van der Waals surface area contributed by atoms with Gasteiger partial charge in [-0.1, -0.05) is 42.5 Å². The van der Waals surface area contributed by atoms with Gasteiger partial charge in [-0.15, -0.1) is 0 Å². The van der Waals surface area contributed by atoms with Gasteiger partial charge in [0.1, 0.15) is 6.73 Å². The predicted octanol–water partition coefficient (Wildman–Crippen LogP) is 2.93. The van der Waals surface area contributed by atoms with E-state index in [1.54, 1.807) is 12.1 Å². The maximum Gasteiger partial charge on any atom is 0.253 e. The van der Waals surface area contributed by atoms with Crippen LogP contribution in [0.4, 0.5) is 0 Å². The number of amides is 1. The van der Waals surface area contributed by atoms with E-state index >= 15 is 0 Å². The lowest BCUT2D eigenvalue weighted by Crippen LogP contribution is -2.23. The number of aliphatic hydroxyl groups excluding tert-OH is 1. The molecule has 0 radical (unpaired) electrons. The van der Waals surface area contributed by atoms with Gasteiger partial charge in [0, 0.05) is 5.56 Å². The SMILES string of the molecule is O=C(NCO)c1ccc(CCCCc2ccccc2)cc1. The van der Waals surface area contributed by atoms with Crippen LogP contribution in [-0.4, -0.2) is 17.7 Å². The van der Waals surface area contributed by atoms with Crippen molar-refractivity contribution in [1.29, 1.82) is 0 Å². The molecule has 2 aromatic rings. The molecule has 0 heterocycles. The Kier molecular flexibility index (Phi) is 5.98. The third-order valence-electron chi connectivity index (χ3n) is 3.48. The average molecular weight is 283 g/mol. The monoisotopic (exact) mass is 283 g/mol. The summed E-state index contributed by atoms with van der Waals surface area (Å²) in [6.45, 7) is -0.333. The molecule has 21 heavy (non-hydrogen) atoms. The van der Waals surface area contributed by atoms with Crippen molar-refractivity contribution in [1.82, 2.24) is 5.32 Å². The maximum absolute atomic E-state index is 11.5. The largest absolute Gasteiger partial charge is 0.376 e. The summed E-state index contributed by atoms with van der Waals surface area (Å²) in [6.07, 6.45) is 4.43. The van der Waals surface area contributed by atoms with Crippen molar-refractivity contribution in [3.8, 4) is 0 Å². The number of hydrogen-bond donors (Lipinski definition) is 2. The molecule has 0 spiro atoms. The number of aryl methyl sites for hydroxylation is 2. The van der Waals surface area contributed by atoms with E-state index in [0.717, 1.165) is 25.7 Å². The van der Waals surface area contributed by atoms with Crippen LogP contribution in [0.5, 0.6) is 0 Å². The molecule has 0 aliphatic rings. The minimum atomic E-state index is -0.333. The van der Waals surface area contributed by atoms with Crippen molar-refractivity contribution >= 4 is 5.91 Å². The number of carbonyl (C=O) groups excluding carboxylic acids is 1. The quantitative estimate of drug-likeness (QED) is 0.606. The topological polar surface area (TPSA) is 49.3 Å². The van der Waals surface area contributed by atoms with Gasteiger partial charge in [0.25, 0.3) is 5.91 Å². The number of benzene rings is 2. The summed E-state index contributed by atoms with van der Waals surface area (Å²) in [4.78, 5) is 11.5. The third-order valence-corrected chi connectivity index (χ3v) is 3.48. The Morgan fingerprint density at radius 2 is 1.43 bits per heavy atom. The summed E-state index contributed by atoms with van der Waals surface area (Å²) >= 11 is 0. The normalized spacial score (nSPS) is 10.3. The van der Waals surface area contributed by atoms with Gasteiger partial charge in [0.05, 0.1) is 0 Å².